The molecular formula is C12H17FN2O. The summed E-state index contributed by atoms with van der Waals surface area (Å²) in [5, 5.41) is 2.51. The Balaban J connectivity index is 2.83. The molecule has 1 amide bonds. The molecule has 1 aromatic carbocycles. The van der Waals surface area contributed by atoms with Gasteiger partial charge in [-0.15, -0.1) is 0 Å². The van der Waals surface area contributed by atoms with Crippen molar-refractivity contribution in [1.82, 2.24) is 0 Å². The molecular weight excluding hydrogens is 207 g/mol. The number of carbonyl (C=O) groups excluding carboxylic acids is 1. The fraction of sp³-hybridized carbons (Fsp3) is 0.417. The van der Waals surface area contributed by atoms with Crippen molar-refractivity contribution in [2.45, 2.75) is 32.2 Å². The number of hydrogen-bond acceptors (Lipinski definition) is 2. The lowest BCUT2D eigenvalue weighted by Crippen LogP contribution is -2.50. The van der Waals surface area contributed by atoms with Crippen LogP contribution in [0.25, 0.3) is 0 Å². The predicted molar refractivity (Wildman–Crippen MR) is 62.5 cm³/mol. The molecule has 0 heterocycles. The molecule has 4 heteroatoms. The smallest absolute Gasteiger partial charge is 0.244 e. The first-order valence-corrected chi connectivity index (χ1v) is 5.38. The molecule has 0 saturated heterocycles. The van der Waals surface area contributed by atoms with Crippen LogP contribution in [-0.2, 0) is 4.79 Å². The fourth-order valence-electron chi connectivity index (χ4n) is 1.38. The molecule has 88 valence electrons. The Morgan fingerprint density at radius 3 is 2.44 bits per heavy atom. The van der Waals surface area contributed by atoms with Crippen molar-refractivity contribution in [3.63, 3.8) is 0 Å². The molecule has 0 atom stereocenters. The molecule has 3 nitrogen and oxygen atoms in total. The summed E-state index contributed by atoms with van der Waals surface area (Å²) in [6.07, 6.45) is 1.04. The van der Waals surface area contributed by atoms with Gasteiger partial charge < -0.3 is 11.1 Å². The summed E-state index contributed by atoms with van der Waals surface area (Å²) >= 11 is 0. The van der Waals surface area contributed by atoms with Gasteiger partial charge >= 0.3 is 0 Å². The van der Waals surface area contributed by atoms with Gasteiger partial charge in [-0.1, -0.05) is 26.0 Å². The molecule has 0 unspecified atom stereocenters. The van der Waals surface area contributed by atoms with Crippen LogP contribution in [0.1, 0.15) is 26.7 Å². The Kier molecular flexibility index (Phi) is 4.01. The van der Waals surface area contributed by atoms with Gasteiger partial charge in [-0.3, -0.25) is 4.79 Å². The zero-order chi connectivity index (χ0) is 12.2. The van der Waals surface area contributed by atoms with E-state index in [2.05, 4.69) is 5.32 Å². The van der Waals surface area contributed by atoms with E-state index in [-0.39, 0.29) is 11.6 Å². The minimum Gasteiger partial charge on any atom is -0.322 e. The predicted octanol–water partition coefficient (Wildman–Crippen LogP) is 2.28. The van der Waals surface area contributed by atoms with E-state index in [9.17, 15) is 9.18 Å². The molecule has 0 aliphatic rings. The zero-order valence-corrected chi connectivity index (χ0v) is 9.59. The average Bonchev–Trinajstić information content (AvgIpc) is 2.31. The number of hydrogen-bond donors (Lipinski definition) is 2. The van der Waals surface area contributed by atoms with Crippen LogP contribution >= 0.6 is 0 Å². The summed E-state index contributed by atoms with van der Waals surface area (Å²) in [7, 11) is 0. The normalized spacial score (nSPS) is 11.2. The molecule has 0 saturated carbocycles. The van der Waals surface area contributed by atoms with Crippen LogP contribution in [0.5, 0.6) is 0 Å². The second-order valence-electron chi connectivity index (χ2n) is 3.80. The lowest BCUT2D eigenvalue weighted by Gasteiger charge is -2.25. The average molecular weight is 224 g/mol. The Bertz CT molecular complexity index is 375. The molecule has 0 bridgehead atoms. The number of amides is 1. The largest absolute Gasteiger partial charge is 0.322 e. The van der Waals surface area contributed by atoms with Gasteiger partial charge in [0.2, 0.25) is 5.91 Å². The summed E-state index contributed by atoms with van der Waals surface area (Å²) in [6, 6.07) is 6.04. The van der Waals surface area contributed by atoms with E-state index >= 15 is 0 Å². The van der Waals surface area contributed by atoms with Crippen molar-refractivity contribution in [2.75, 3.05) is 5.32 Å². The highest BCUT2D eigenvalue weighted by Gasteiger charge is 2.30. The molecule has 16 heavy (non-hydrogen) atoms. The van der Waals surface area contributed by atoms with Crippen LogP contribution in [0.15, 0.2) is 24.3 Å². The first-order valence-electron chi connectivity index (χ1n) is 5.38. The van der Waals surface area contributed by atoms with E-state index < -0.39 is 11.4 Å². The zero-order valence-electron chi connectivity index (χ0n) is 9.59. The van der Waals surface area contributed by atoms with Gasteiger partial charge in [0.05, 0.1) is 11.2 Å². The first kappa shape index (κ1) is 12.6. The van der Waals surface area contributed by atoms with E-state index in [1.807, 2.05) is 13.8 Å². The van der Waals surface area contributed by atoms with E-state index in [1.165, 1.54) is 12.1 Å². The number of anilines is 1. The molecule has 0 aliphatic heterocycles. The van der Waals surface area contributed by atoms with E-state index in [0.29, 0.717) is 12.8 Å². The van der Waals surface area contributed by atoms with Crippen LogP contribution in [0, 0.1) is 5.82 Å². The summed E-state index contributed by atoms with van der Waals surface area (Å²) < 4.78 is 13.3. The molecule has 0 spiro atoms. The minimum atomic E-state index is -0.928. The Morgan fingerprint density at radius 2 is 1.94 bits per heavy atom. The van der Waals surface area contributed by atoms with E-state index in [0.717, 1.165) is 0 Å². The lowest BCUT2D eigenvalue weighted by atomic mass is 9.93. The van der Waals surface area contributed by atoms with Crippen molar-refractivity contribution in [2.24, 2.45) is 5.73 Å². The number of carbonyl (C=O) groups is 1. The van der Waals surface area contributed by atoms with Crippen molar-refractivity contribution >= 4 is 11.6 Å². The Morgan fingerprint density at radius 1 is 1.38 bits per heavy atom. The third-order valence-electron chi connectivity index (χ3n) is 2.84. The molecule has 0 aromatic heterocycles. The molecule has 1 aromatic rings. The Labute approximate surface area is 94.8 Å². The number of para-hydroxylation sites is 1. The van der Waals surface area contributed by atoms with Gasteiger partial charge in [-0.2, -0.15) is 0 Å². The third kappa shape index (κ3) is 2.58. The first-order chi connectivity index (χ1) is 7.53. The van der Waals surface area contributed by atoms with Crippen LogP contribution in [-0.4, -0.2) is 11.4 Å². The quantitative estimate of drug-likeness (QED) is 0.824. The summed E-state index contributed by atoms with van der Waals surface area (Å²) in [5.41, 5.74) is 5.15. The molecule has 3 N–H and O–H groups in total. The van der Waals surface area contributed by atoms with Crippen LogP contribution < -0.4 is 11.1 Å². The Hall–Kier alpha value is -1.42. The summed E-state index contributed by atoms with van der Waals surface area (Å²) in [4.78, 5) is 11.8. The lowest BCUT2D eigenvalue weighted by molar-refractivity contribution is -0.121. The van der Waals surface area contributed by atoms with Crippen LogP contribution in [0.2, 0.25) is 0 Å². The van der Waals surface area contributed by atoms with Gasteiger partial charge in [-0.25, -0.2) is 4.39 Å². The van der Waals surface area contributed by atoms with Gasteiger partial charge in [0.1, 0.15) is 5.82 Å². The standard InChI is InChI=1S/C12H17FN2O/c1-3-12(14,4-2)11(16)15-10-8-6-5-7-9(10)13/h5-8H,3-4,14H2,1-2H3,(H,15,16). The molecule has 0 fully saturated rings. The van der Waals surface area contributed by atoms with Crippen LogP contribution in [0.3, 0.4) is 0 Å². The SMILES string of the molecule is CCC(N)(CC)C(=O)Nc1ccccc1F. The number of nitrogens with one attached hydrogen (secondary N) is 1. The second kappa shape index (κ2) is 5.07. The highest BCUT2D eigenvalue weighted by molar-refractivity contribution is 5.97. The van der Waals surface area contributed by atoms with Gasteiger partial charge in [-0.05, 0) is 25.0 Å². The minimum absolute atomic E-state index is 0.171. The van der Waals surface area contributed by atoms with Gasteiger partial charge in [0, 0.05) is 0 Å². The van der Waals surface area contributed by atoms with E-state index in [4.69, 9.17) is 5.73 Å². The van der Waals surface area contributed by atoms with Crippen molar-refractivity contribution in [1.29, 1.82) is 0 Å². The maximum absolute atomic E-state index is 13.3. The number of halogens is 1. The summed E-state index contributed by atoms with van der Waals surface area (Å²) in [5.74, 6) is -0.798. The van der Waals surface area contributed by atoms with Crippen molar-refractivity contribution in [3.05, 3.63) is 30.1 Å². The maximum Gasteiger partial charge on any atom is 0.244 e. The molecule has 1 rings (SSSR count). The highest BCUT2D eigenvalue weighted by Crippen LogP contribution is 2.17. The summed E-state index contributed by atoms with van der Waals surface area (Å²) in [6.45, 7) is 3.68. The second-order valence-corrected chi connectivity index (χ2v) is 3.80. The van der Waals surface area contributed by atoms with Gasteiger partial charge in [0.15, 0.2) is 0 Å². The van der Waals surface area contributed by atoms with E-state index in [1.54, 1.807) is 12.1 Å². The number of rotatable bonds is 4. The fourth-order valence-corrected chi connectivity index (χ4v) is 1.38. The van der Waals surface area contributed by atoms with Crippen LogP contribution in [0.4, 0.5) is 10.1 Å². The molecule has 0 radical (unpaired) electrons. The van der Waals surface area contributed by atoms with Crippen molar-refractivity contribution < 1.29 is 9.18 Å². The highest BCUT2D eigenvalue weighted by atomic mass is 19.1. The monoisotopic (exact) mass is 224 g/mol. The third-order valence-corrected chi connectivity index (χ3v) is 2.84. The van der Waals surface area contributed by atoms with Gasteiger partial charge in [0.25, 0.3) is 0 Å². The number of benzene rings is 1. The number of nitrogens with two attached hydrogens (primary N) is 1. The topological polar surface area (TPSA) is 55.1 Å². The maximum atomic E-state index is 13.3. The van der Waals surface area contributed by atoms with Crippen molar-refractivity contribution in [3.8, 4) is 0 Å². The molecule has 0 aliphatic carbocycles.